The van der Waals surface area contributed by atoms with Gasteiger partial charge in [0.15, 0.2) is 0 Å². The molecule has 0 spiro atoms. The average Bonchev–Trinajstić information content (AvgIpc) is 2.83. The third-order valence-electron chi connectivity index (χ3n) is 5.89. The van der Waals surface area contributed by atoms with Crippen molar-refractivity contribution in [3.8, 4) is 22.6 Å². The molecule has 0 unspecified atom stereocenters. The standard InChI is InChI=1S/C26H28N2O3/c1-18-14-22(20-6-4-8-23(15-20)30-2)17-25(27-18)19-10-12-28(13-11-19)26(29)21-7-5-9-24(16-21)31-3/h4-9,14-17,19H,10-13H2,1-3H3. The van der Waals surface area contributed by atoms with Gasteiger partial charge in [0.1, 0.15) is 11.5 Å². The largest absolute Gasteiger partial charge is 0.497 e. The summed E-state index contributed by atoms with van der Waals surface area (Å²) >= 11 is 0. The first kappa shape index (κ1) is 20.9. The quantitative estimate of drug-likeness (QED) is 0.581. The number of piperidine rings is 1. The average molecular weight is 417 g/mol. The van der Waals surface area contributed by atoms with Gasteiger partial charge in [0, 0.05) is 36.0 Å². The zero-order chi connectivity index (χ0) is 21.8. The van der Waals surface area contributed by atoms with E-state index in [9.17, 15) is 4.79 Å². The molecule has 31 heavy (non-hydrogen) atoms. The van der Waals surface area contributed by atoms with Crippen LogP contribution >= 0.6 is 0 Å². The van der Waals surface area contributed by atoms with E-state index in [0.717, 1.165) is 54.2 Å². The fourth-order valence-corrected chi connectivity index (χ4v) is 4.19. The molecule has 1 amide bonds. The van der Waals surface area contributed by atoms with Crippen LogP contribution < -0.4 is 9.47 Å². The second kappa shape index (κ2) is 9.21. The molecule has 1 aromatic heterocycles. The lowest BCUT2D eigenvalue weighted by Gasteiger charge is -2.32. The molecule has 1 aliphatic rings. The second-order valence-electron chi connectivity index (χ2n) is 7.95. The summed E-state index contributed by atoms with van der Waals surface area (Å²) in [7, 11) is 3.30. The Labute approximate surface area is 183 Å². The molecule has 4 rings (SSSR count). The summed E-state index contributed by atoms with van der Waals surface area (Å²) in [4.78, 5) is 19.7. The van der Waals surface area contributed by atoms with Crippen molar-refractivity contribution in [1.29, 1.82) is 0 Å². The molecule has 2 heterocycles. The summed E-state index contributed by atoms with van der Waals surface area (Å²) in [6, 6.07) is 19.8. The molecular formula is C26H28N2O3. The topological polar surface area (TPSA) is 51.7 Å². The van der Waals surface area contributed by atoms with E-state index in [4.69, 9.17) is 14.5 Å². The number of hydrogen-bond donors (Lipinski definition) is 0. The number of carbonyl (C=O) groups excluding carboxylic acids is 1. The van der Waals surface area contributed by atoms with E-state index >= 15 is 0 Å². The van der Waals surface area contributed by atoms with Crippen LogP contribution in [0, 0.1) is 6.92 Å². The molecule has 2 aromatic carbocycles. The number of pyridine rings is 1. The smallest absolute Gasteiger partial charge is 0.253 e. The lowest BCUT2D eigenvalue weighted by Crippen LogP contribution is -2.38. The molecule has 1 aliphatic heterocycles. The number of rotatable bonds is 5. The van der Waals surface area contributed by atoms with Gasteiger partial charge in [-0.1, -0.05) is 18.2 Å². The predicted octanol–water partition coefficient (Wildman–Crippen LogP) is 5.09. The van der Waals surface area contributed by atoms with E-state index in [1.54, 1.807) is 20.3 Å². The number of hydrogen-bond acceptors (Lipinski definition) is 4. The van der Waals surface area contributed by atoms with E-state index in [0.29, 0.717) is 17.2 Å². The van der Waals surface area contributed by atoms with Crippen molar-refractivity contribution in [2.45, 2.75) is 25.7 Å². The maximum atomic E-state index is 12.9. The van der Waals surface area contributed by atoms with Gasteiger partial charge in [-0.15, -0.1) is 0 Å². The molecule has 1 saturated heterocycles. The van der Waals surface area contributed by atoms with Gasteiger partial charge in [-0.2, -0.15) is 0 Å². The second-order valence-corrected chi connectivity index (χ2v) is 7.95. The van der Waals surface area contributed by atoms with E-state index in [1.807, 2.05) is 48.2 Å². The van der Waals surface area contributed by atoms with Crippen molar-refractivity contribution < 1.29 is 14.3 Å². The fraction of sp³-hybridized carbons (Fsp3) is 0.308. The molecule has 0 saturated carbocycles. The van der Waals surface area contributed by atoms with Gasteiger partial charge >= 0.3 is 0 Å². The van der Waals surface area contributed by atoms with Crippen molar-refractivity contribution in [2.75, 3.05) is 27.3 Å². The Morgan fingerprint density at radius 1 is 0.903 bits per heavy atom. The number of ether oxygens (including phenoxy) is 2. The van der Waals surface area contributed by atoms with Gasteiger partial charge in [-0.25, -0.2) is 0 Å². The number of carbonyl (C=O) groups is 1. The normalized spacial score (nSPS) is 14.4. The van der Waals surface area contributed by atoms with Crippen LogP contribution in [0.25, 0.3) is 11.1 Å². The van der Waals surface area contributed by atoms with Gasteiger partial charge in [0.05, 0.1) is 14.2 Å². The highest BCUT2D eigenvalue weighted by Gasteiger charge is 2.26. The van der Waals surface area contributed by atoms with Gasteiger partial charge < -0.3 is 14.4 Å². The number of amides is 1. The highest BCUT2D eigenvalue weighted by Crippen LogP contribution is 2.32. The summed E-state index contributed by atoms with van der Waals surface area (Å²) in [6.45, 7) is 3.49. The van der Waals surface area contributed by atoms with E-state index in [1.165, 1.54) is 0 Å². The molecular weight excluding hydrogens is 388 g/mol. The van der Waals surface area contributed by atoms with Crippen molar-refractivity contribution in [2.24, 2.45) is 0 Å². The molecule has 0 radical (unpaired) electrons. The van der Waals surface area contributed by atoms with Crippen molar-refractivity contribution in [3.05, 3.63) is 77.6 Å². The zero-order valence-corrected chi connectivity index (χ0v) is 18.3. The highest BCUT2D eigenvalue weighted by molar-refractivity contribution is 5.94. The lowest BCUT2D eigenvalue weighted by atomic mass is 9.91. The van der Waals surface area contributed by atoms with Gasteiger partial charge in [-0.3, -0.25) is 9.78 Å². The number of benzene rings is 2. The fourth-order valence-electron chi connectivity index (χ4n) is 4.19. The summed E-state index contributed by atoms with van der Waals surface area (Å²) < 4.78 is 10.6. The Balaban J connectivity index is 1.48. The number of nitrogens with zero attached hydrogens (tertiary/aromatic N) is 2. The molecule has 0 N–H and O–H groups in total. The molecule has 3 aromatic rings. The first-order valence-corrected chi connectivity index (χ1v) is 10.6. The first-order valence-electron chi connectivity index (χ1n) is 10.6. The third-order valence-corrected chi connectivity index (χ3v) is 5.89. The molecule has 0 bridgehead atoms. The number of methoxy groups -OCH3 is 2. The van der Waals surface area contributed by atoms with Crippen molar-refractivity contribution >= 4 is 5.91 Å². The maximum absolute atomic E-state index is 12.9. The monoisotopic (exact) mass is 416 g/mol. The van der Waals surface area contributed by atoms with E-state index in [2.05, 4.69) is 18.2 Å². The van der Waals surface area contributed by atoms with E-state index < -0.39 is 0 Å². The maximum Gasteiger partial charge on any atom is 0.253 e. The molecule has 1 fully saturated rings. The van der Waals surface area contributed by atoms with Crippen LogP contribution in [0.4, 0.5) is 0 Å². The van der Waals surface area contributed by atoms with Crippen LogP contribution in [0.1, 0.15) is 40.5 Å². The van der Waals surface area contributed by atoms with Gasteiger partial charge in [-0.05, 0) is 73.4 Å². The zero-order valence-electron chi connectivity index (χ0n) is 18.3. The number of likely N-dealkylation sites (tertiary alicyclic amines) is 1. The van der Waals surface area contributed by atoms with Crippen molar-refractivity contribution in [3.63, 3.8) is 0 Å². The molecule has 5 heteroatoms. The van der Waals surface area contributed by atoms with Crippen LogP contribution in [0.2, 0.25) is 0 Å². The molecule has 160 valence electrons. The highest BCUT2D eigenvalue weighted by atomic mass is 16.5. The van der Waals surface area contributed by atoms with Crippen LogP contribution in [0.15, 0.2) is 60.7 Å². The Morgan fingerprint density at radius 2 is 1.58 bits per heavy atom. The third kappa shape index (κ3) is 4.71. The SMILES string of the molecule is COc1cccc(C(=O)N2CCC(c3cc(-c4cccc(OC)c4)cc(C)n3)CC2)c1. The summed E-state index contributed by atoms with van der Waals surface area (Å²) in [5.74, 6) is 1.96. The summed E-state index contributed by atoms with van der Waals surface area (Å²) in [5, 5.41) is 0. The Kier molecular flexibility index (Phi) is 6.21. The minimum atomic E-state index is 0.0617. The van der Waals surface area contributed by atoms with E-state index in [-0.39, 0.29) is 5.91 Å². The van der Waals surface area contributed by atoms with Crippen molar-refractivity contribution in [1.82, 2.24) is 9.88 Å². The predicted molar refractivity (Wildman–Crippen MR) is 122 cm³/mol. The minimum Gasteiger partial charge on any atom is -0.497 e. The number of aromatic nitrogens is 1. The van der Waals surface area contributed by atoms with Crippen LogP contribution in [-0.4, -0.2) is 43.1 Å². The van der Waals surface area contributed by atoms with Gasteiger partial charge in [0.25, 0.3) is 5.91 Å². The van der Waals surface area contributed by atoms with Crippen LogP contribution in [0.5, 0.6) is 11.5 Å². The minimum absolute atomic E-state index is 0.0617. The van der Waals surface area contributed by atoms with Crippen LogP contribution in [0.3, 0.4) is 0 Å². The molecule has 5 nitrogen and oxygen atoms in total. The van der Waals surface area contributed by atoms with Crippen LogP contribution in [-0.2, 0) is 0 Å². The summed E-state index contributed by atoms with van der Waals surface area (Å²) in [6.07, 6.45) is 1.81. The van der Waals surface area contributed by atoms with Gasteiger partial charge in [0.2, 0.25) is 0 Å². The Morgan fingerprint density at radius 3 is 2.29 bits per heavy atom. The Hall–Kier alpha value is -3.34. The number of aryl methyl sites for hydroxylation is 1. The Bertz CT molecular complexity index is 1070. The lowest BCUT2D eigenvalue weighted by molar-refractivity contribution is 0.0711. The first-order chi connectivity index (χ1) is 15.1. The summed E-state index contributed by atoms with van der Waals surface area (Å²) in [5.41, 5.74) is 5.05. The molecule has 0 atom stereocenters. The molecule has 0 aliphatic carbocycles.